The number of nitrogens with one attached hydrogen (secondary N) is 1. The summed E-state index contributed by atoms with van der Waals surface area (Å²) in [5, 5.41) is 2.73. The van der Waals surface area contributed by atoms with E-state index in [1.165, 1.54) is 11.1 Å². The van der Waals surface area contributed by atoms with Gasteiger partial charge in [-0.2, -0.15) is 0 Å². The average molecular weight is 388 g/mol. The van der Waals surface area contributed by atoms with Crippen LogP contribution < -0.4 is 5.56 Å². The summed E-state index contributed by atoms with van der Waals surface area (Å²) < 4.78 is 0. The van der Waals surface area contributed by atoms with E-state index in [9.17, 15) is 4.79 Å². The van der Waals surface area contributed by atoms with Crippen LogP contribution in [0.3, 0.4) is 0 Å². The lowest BCUT2D eigenvalue weighted by molar-refractivity contribution is 0.185. The number of hydrogen-bond acceptors (Lipinski definition) is 4. The number of rotatable bonds is 3. The van der Waals surface area contributed by atoms with E-state index in [2.05, 4.69) is 41.1 Å². The molecule has 140 valence electrons. The number of hydrogen-bond donors (Lipinski definition) is 1. The highest BCUT2D eigenvalue weighted by Gasteiger charge is 2.24. The predicted octanol–water partition coefficient (Wildman–Crippen LogP) is 4.77. The highest BCUT2D eigenvalue weighted by molar-refractivity contribution is 7.17. The van der Waals surface area contributed by atoms with Crippen LogP contribution in [0.2, 0.25) is 0 Å². The van der Waals surface area contributed by atoms with Crippen molar-refractivity contribution < 1.29 is 0 Å². The van der Waals surface area contributed by atoms with Crippen LogP contribution in [0.25, 0.3) is 21.3 Å². The third-order valence-electron chi connectivity index (χ3n) is 5.65. The molecule has 1 aliphatic heterocycles. The fraction of sp³-hybridized carbons (Fsp3) is 0.217. The van der Waals surface area contributed by atoms with Crippen LogP contribution in [0.15, 0.2) is 64.8 Å². The van der Waals surface area contributed by atoms with E-state index in [4.69, 9.17) is 4.98 Å². The Hall–Kier alpha value is -2.76. The Morgan fingerprint density at radius 3 is 2.64 bits per heavy atom. The van der Waals surface area contributed by atoms with Gasteiger partial charge in [-0.1, -0.05) is 54.6 Å². The lowest BCUT2D eigenvalue weighted by Crippen LogP contribution is -2.34. The largest absolute Gasteiger partial charge is 0.309 e. The summed E-state index contributed by atoms with van der Waals surface area (Å²) in [6.45, 7) is 3.99. The maximum absolute atomic E-state index is 12.9. The molecule has 0 saturated carbocycles. The molecule has 1 N–H and O–H groups in total. The second-order valence-corrected chi connectivity index (χ2v) is 8.17. The number of aromatic nitrogens is 2. The van der Waals surface area contributed by atoms with Gasteiger partial charge in [-0.3, -0.25) is 9.69 Å². The Balaban J connectivity index is 1.50. The molecule has 0 radical (unpaired) electrons. The summed E-state index contributed by atoms with van der Waals surface area (Å²) in [5.74, 6) is 0.748. The summed E-state index contributed by atoms with van der Waals surface area (Å²) in [4.78, 5) is 24.0. The van der Waals surface area contributed by atoms with Crippen molar-refractivity contribution in [3.8, 4) is 11.1 Å². The minimum Gasteiger partial charge on any atom is -0.309 e. The van der Waals surface area contributed by atoms with Crippen molar-refractivity contribution >= 4 is 21.6 Å². The molecule has 2 aromatic heterocycles. The molecule has 5 rings (SSSR count). The SMILES string of the molecule is CC(c1nc2scc(-c3ccccc3)c2c(=O)[nH]1)N1CCc2ccccc2C1. The summed E-state index contributed by atoms with van der Waals surface area (Å²) in [7, 11) is 0. The normalized spacial score (nSPS) is 15.5. The van der Waals surface area contributed by atoms with Crippen LogP contribution in [0.5, 0.6) is 0 Å². The molecule has 1 aliphatic rings. The van der Waals surface area contributed by atoms with E-state index in [0.717, 1.165) is 41.3 Å². The van der Waals surface area contributed by atoms with Gasteiger partial charge in [-0.05, 0) is 30.0 Å². The van der Waals surface area contributed by atoms with Crippen molar-refractivity contribution in [1.82, 2.24) is 14.9 Å². The van der Waals surface area contributed by atoms with Gasteiger partial charge in [-0.25, -0.2) is 4.98 Å². The van der Waals surface area contributed by atoms with Crippen LogP contribution in [0, 0.1) is 0 Å². The molecule has 0 fully saturated rings. The molecule has 1 unspecified atom stereocenters. The van der Waals surface area contributed by atoms with Gasteiger partial charge in [-0.15, -0.1) is 11.3 Å². The first kappa shape index (κ1) is 17.3. The van der Waals surface area contributed by atoms with Crippen LogP contribution in [0.4, 0.5) is 0 Å². The molecule has 3 heterocycles. The van der Waals surface area contributed by atoms with Gasteiger partial charge in [0.2, 0.25) is 0 Å². The maximum atomic E-state index is 12.9. The van der Waals surface area contributed by atoms with Gasteiger partial charge >= 0.3 is 0 Å². The number of benzene rings is 2. The Bertz CT molecular complexity index is 1200. The van der Waals surface area contributed by atoms with Gasteiger partial charge in [0, 0.05) is 24.0 Å². The topological polar surface area (TPSA) is 49.0 Å². The fourth-order valence-electron chi connectivity index (χ4n) is 4.01. The van der Waals surface area contributed by atoms with Crippen molar-refractivity contribution in [2.45, 2.75) is 25.9 Å². The van der Waals surface area contributed by atoms with E-state index >= 15 is 0 Å². The molecule has 5 heteroatoms. The molecule has 0 spiro atoms. The maximum Gasteiger partial charge on any atom is 0.260 e. The average Bonchev–Trinajstić information content (AvgIpc) is 3.18. The Morgan fingerprint density at radius 1 is 1.07 bits per heavy atom. The Kier molecular flexibility index (Phi) is 4.34. The minimum atomic E-state index is -0.0515. The molecule has 0 bridgehead atoms. The van der Waals surface area contributed by atoms with E-state index in [0.29, 0.717) is 5.39 Å². The van der Waals surface area contributed by atoms with Crippen LogP contribution >= 0.6 is 11.3 Å². The highest BCUT2D eigenvalue weighted by atomic mass is 32.1. The van der Waals surface area contributed by atoms with Crippen molar-refractivity contribution in [2.24, 2.45) is 0 Å². The third-order valence-corrected chi connectivity index (χ3v) is 6.52. The van der Waals surface area contributed by atoms with Crippen LogP contribution in [0.1, 0.15) is 29.9 Å². The first-order valence-corrected chi connectivity index (χ1v) is 10.5. The number of thiophene rings is 1. The van der Waals surface area contributed by atoms with E-state index in [1.807, 2.05) is 35.7 Å². The second-order valence-electron chi connectivity index (χ2n) is 7.31. The highest BCUT2D eigenvalue weighted by Crippen LogP contribution is 2.32. The van der Waals surface area contributed by atoms with Gasteiger partial charge in [0.1, 0.15) is 10.7 Å². The molecule has 28 heavy (non-hydrogen) atoms. The molecule has 4 aromatic rings. The van der Waals surface area contributed by atoms with Gasteiger partial charge in [0.25, 0.3) is 5.56 Å². The van der Waals surface area contributed by atoms with Crippen molar-refractivity contribution in [2.75, 3.05) is 6.54 Å². The summed E-state index contributed by atoms with van der Waals surface area (Å²) in [6.07, 6.45) is 1.03. The molecule has 1 atom stereocenters. The lowest BCUT2D eigenvalue weighted by Gasteiger charge is -2.33. The predicted molar refractivity (Wildman–Crippen MR) is 115 cm³/mol. The zero-order valence-electron chi connectivity index (χ0n) is 15.7. The zero-order chi connectivity index (χ0) is 19.1. The number of nitrogens with zero attached hydrogens (tertiary/aromatic N) is 2. The summed E-state index contributed by atoms with van der Waals surface area (Å²) in [6, 6.07) is 18.7. The monoisotopic (exact) mass is 387 g/mol. The molecular weight excluding hydrogens is 366 g/mol. The van der Waals surface area contributed by atoms with Crippen molar-refractivity contribution in [3.05, 3.63) is 87.3 Å². The fourth-order valence-corrected chi connectivity index (χ4v) is 4.97. The molecule has 0 saturated heterocycles. The minimum absolute atomic E-state index is 0.0515. The third kappa shape index (κ3) is 2.97. The smallest absolute Gasteiger partial charge is 0.260 e. The van der Waals surface area contributed by atoms with Crippen LogP contribution in [-0.4, -0.2) is 21.4 Å². The summed E-state index contributed by atoms with van der Waals surface area (Å²) >= 11 is 1.54. The molecule has 4 nitrogen and oxygen atoms in total. The number of fused-ring (bicyclic) bond motifs is 2. The van der Waals surface area contributed by atoms with Crippen LogP contribution in [-0.2, 0) is 13.0 Å². The number of H-pyrrole nitrogens is 1. The van der Waals surface area contributed by atoms with E-state index in [1.54, 1.807) is 11.3 Å². The lowest BCUT2D eigenvalue weighted by atomic mass is 9.99. The molecule has 0 aliphatic carbocycles. The first-order chi connectivity index (χ1) is 13.7. The van der Waals surface area contributed by atoms with Crippen molar-refractivity contribution in [1.29, 1.82) is 0 Å². The van der Waals surface area contributed by atoms with Gasteiger partial charge < -0.3 is 4.98 Å². The van der Waals surface area contributed by atoms with Gasteiger partial charge in [0.15, 0.2) is 0 Å². The zero-order valence-corrected chi connectivity index (χ0v) is 16.5. The molecule has 2 aromatic carbocycles. The van der Waals surface area contributed by atoms with E-state index in [-0.39, 0.29) is 11.6 Å². The quantitative estimate of drug-likeness (QED) is 0.551. The van der Waals surface area contributed by atoms with E-state index < -0.39 is 0 Å². The summed E-state index contributed by atoms with van der Waals surface area (Å²) in [5.41, 5.74) is 4.75. The Labute approximate surface area is 167 Å². The van der Waals surface area contributed by atoms with Gasteiger partial charge in [0.05, 0.1) is 11.4 Å². The Morgan fingerprint density at radius 2 is 1.82 bits per heavy atom. The number of aromatic amines is 1. The molecule has 0 amide bonds. The first-order valence-electron chi connectivity index (χ1n) is 9.58. The van der Waals surface area contributed by atoms with Crippen molar-refractivity contribution in [3.63, 3.8) is 0 Å². The standard InChI is InChI=1S/C23H21N3OS/c1-15(26-12-11-16-7-5-6-10-18(16)13-26)21-24-22(27)20-19(14-28-23(20)25-21)17-8-3-2-4-9-17/h2-10,14-15H,11-13H2,1H3,(H,24,25,27). The molecular formula is C23H21N3OS. The second kappa shape index (κ2) is 7.00.